The molecule has 2 aromatic heterocycles. The van der Waals surface area contributed by atoms with E-state index < -0.39 is 0 Å². The minimum absolute atomic E-state index is 0.917. The van der Waals surface area contributed by atoms with Gasteiger partial charge in [-0.15, -0.1) is 11.3 Å². The molecule has 0 amide bonds. The van der Waals surface area contributed by atoms with Gasteiger partial charge in [-0.05, 0) is 28.9 Å². The van der Waals surface area contributed by atoms with Gasteiger partial charge in [0, 0.05) is 31.2 Å². The number of aromatic nitrogens is 1. The van der Waals surface area contributed by atoms with E-state index in [0.29, 0.717) is 0 Å². The largest absolute Gasteiger partial charge is 0.347 e. The highest BCUT2D eigenvalue weighted by molar-refractivity contribution is 7.15. The molecule has 17 heavy (non-hydrogen) atoms. The van der Waals surface area contributed by atoms with Crippen molar-refractivity contribution in [2.24, 2.45) is 0 Å². The lowest BCUT2D eigenvalue weighted by atomic mass is 10.3. The summed E-state index contributed by atoms with van der Waals surface area (Å²) in [7, 11) is 2.09. The fraction of sp³-hybridized carbons (Fsp3) is 0.417. The van der Waals surface area contributed by atoms with Gasteiger partial charge in [0.05, 0.1) is 0 Å². The maximum Gasteiger partial charge on any atom is 0.185 e. The van der Waals surface area contributed by atoms with Gasteiger partial charge in [-0.1, -0.05) is 6.92 Å². The van der Waals surface area contributed by atoms with E-state index in [0.717, 1.165) is 24.8 Å². The van der Waals surface area contributed by atoms with Crippen LogP contribution in [0, 0.1) is 0 Å². The van der Waals surface area contributed by atoms with Crippen molar-refractivity contribution in [2.45, 2.75) is 20.0 Å². The molecule has 0 saturated heterocycles. The summed E-state index contributed by atoms with van der Waals surface area (Å²) in [5.74, 6) is 0. The molecule has 0 saturated carbocycles. The number of nitrogens with one attached hydrogen (secondary N) is 1. The van der Waals surface area contributed by atoms with Gasteiger partial charge in [0.2, 0.25) is 0 Å². The summed E-state index contributed by atoms with van der Waals surface area (Å²) < 4.78 is 0. The van der Waals surface area contributed by atoms with Gasteiger partial charge >= 0.3 is 0 Å². The zero-order valence-corrected chi connectivity index (χ0v) is 11.8. The first-order chi connectivity index (χ1) is 8.29. The highest BCUT2D eigenvalue weighted by Crippen LogP contribution is 2.23. The average Bonchev–Trinajstić information content (AvgIpc) is 2.96. The molecule has 0 aromatic carbocycles. The molecule has 0 spiro atoms. The van der Waals surface area contributed by atoms with Crippen molar-refractivity contribution < 1.29 is 0 Å². The molecule has 5 heteroatoms. The van der Waals surface area contributed by atoms with Crippen LogP contribution in [0.25, 0.3) is 0 Å². The van der Waals surface area contributed by atoms with Crippen LogP contribution in [0.1, 0.15) is 17.4 Å². The Balaban J connectivity index is 1.94. The first kappa shape index (κ1) is 12.5. The smallest absolute Gasteiger partial charge is 0.185 e. The van der Waals surface area contributed by atoms with Crippen molar-refractivity contribution in [3.05, 3.63) is 33.5 Å². The Labute approximate surface area is 110 Å². The van der Waals surface area contributed by atoms with Crippen LogP contribution in [-0.2, 0) is 13.1 Å². The van der Waals surface area contributed by atoms with Gasteiger partial charge in [-0.3, -0.25) is 0 Å². The third kappa shape index (κ3) is 3.52. The Hall–Kier alpha value is -0.910. The van der Waals surface area contributed by atoms with Crippen molar-refractivity contribution in [2.75, 3.05) is 18.5 Å². The number of thiazole rings is 1. The van der Waals surface area contributed by atoms with Crippen molar-refractivity contribution in [1.29, 1.82) is 0 Å². The molecule has 92 valence electrons. The number of thiophene rings is 1. The summed E-state index contributed by atoms with van der Waals surface area (Å²) in [6.07, 6.45) is 1.97. The summed E-state index contributed by atoms with van der Waals surface area (Å²) >= 11 is 3.50. The van der Waals surface area contributed by atoms with E-state index >= 15 is 0 Å². The Morgan fingerprint density at radius 3 is 3.06 bits per heavy atom. The molecule has 0 bridgehead atoms. The molecule has 2 heterocycles. The van der Waals surface area contributed by atoms with Crippen molar-refractivity contribution in [1.82, 2.24) is 10.3 Å². The van der Waals surface area contributed by atoms with E-state index in [4.69, 9.17) is 0 Å². The molecule has 0 fully saturated rings. The zero-order valence-electron chi connectivity index (χ0n) is 10.1. The standard InChI is InChI=1S/C12H17N3S2/c1-3-13-6-11-7-14-12(17-11)15(2)8-10-4-5-16-9-10/h4-5,7,9,13H,3,6,8H2,1-2H3. The summed E-state index contributed by atoms with van der Waals surface area (Å²) in [6, 6.07) is 2.16. The molecule has 2 rings (SSSR count). The second-order valence-corrected chi connectivity index (χ2v) is 5.75. The second-order valence-electron chi connectivity index (χ2n) is 3.88. The molecule has 0 aliphatic heterocycles. The average molecular weight is 267 g/mol. The van der Waals surface area contributed by atoms with Crippen LogP contribution in [0.3, 0.4) is 0 Å². The Morgan fingerprint density at radius 2 is 2.35 bits per heavy atom. The predicted molar refractivity (Wildman–Crippen MR) is 75.9 cm³/mol. The molecule has 3 nitrogen and oxygen atoms in total. The van der Waals surface area contributed by atoms with Crippen LogP contribution < -0.4 is 10.2 Å². The highest BCUT2D eigenvalue weighted by Gasteiger charge is 2.07. The highest BCUT2D eigenvalue weighted by atomic mass is 32.1. The summed E-state index contributed by atoms with van der Waals surface area (Å²) in [5.41, 5.74) is 1.35. The topological polar surface area (TPSA) is 28.2 Å². The monoisotopic (exact) mass is 267 g/mol. The lowest BCUT2D eigenvalue weighted by molar-refractivity contribution is 0.734. The van der Waals surface area contributed by atoms with Gasteiger partial charge in [0.15, 0.2) is 5.13 Å². The van der Waals surface area contributed by atoms with Gasteiger partial charge in [-0.2, -0.15) is 11.3 Å². The van der Waals surface area contributed by atoms with E-state index in [2.05, 4.69) is 46.0 Å². The third-order valence-corrected chi connectivity index (χ3v) is 4.26. The first-order valence-corrected chi connectivity index (χ1v) is 7.43. The fourth-order valence-electron chi connectivity index (χ4n) is 1.53. The fourth-order valence-corrected chi connectivity index (χ4v) is 3.03. The number of hydrogen-bond acceptors (Lipinski definition) is 5. The van der Waals surface area contributed by atoms with Crippen LogP contribution >= 0.6 is 22.7 Å². The van der Waals surface area contributed by atoms with E-state index in [9.17, 15) is 0 Å². The molecule has 2 aromatic rings. The quantitative estimate of drug-likeness (QED) is 0.872. The molecule has 1 N–H and O–H groups in total. The van der Waals surface area contributed by atoms with E-state index in [-0.39, 0.29) is 0 Å². The SMILES string of the molecule is CCNCc1cnc(N(C)Cc2ccsc2)s1. The third-order valence-electron chi connectivity index (χ3n) is 2.42. The van der Waals surface area contributed by atoms with E-state index in [1.807, 2.05) is 6.20 Å². The predicted octanol–water partition coefficient (Wildman–Crippen LogP) is 2.95. The van der Waals surface area contributed by atoms with Crippen LogP contribution in [-0.4, -0.2) is 18.6 Å². The Kier molecular flexibility index (Phi) is 4.53. The Bertz CT molecular complexity index is 436. The molecular formula is C12H17N3S2. The second kappa shape index (κ2) is 6.14. The molecule has 0 aliphatic rings. The van der Waals surface area contributed by atoms with Gasteiger partial charge in [0.1, 0.15) is 0 Å². The molecular weight excluding hydrogens is 250 g/mol. The molecule has 0 atom stereocenters. The van der Waals surface area contributed by atoms with E-state index in [1.165, 1.54) is 10.4 Å². The number of rotatable bonds is 6. The van der Waals surface area contributed by atoms with Gasteiger partial charge in [-0.25, -0.2) is 4.98 Å². The minimum Gasteiger partial charge on any atom is -0.347 e. The van der Waals surface area contributed by atoms with E-state index in [1.54, 1.807) is 22.7 Å². The molecule has 0 radical (unpaired) electrons. The van der Waals surface area contributed by atoms with Crippen molar-refractivity contribution in [3.8, 4) is 0 Å². The summed E-state index contributed by atoms with van der Waals surface area (Å²) in [6.45, 7) is 4.96. The van der Waals surface area contributed by atoms with Crippen molar-refractivity contribution in [3.63, 3.8) is 0 Å². The van der Waals surface area contributed by atoms with Crippen LogP contribution in [0.15, 0.2) is 23.0 Å². The lowest BCUT2D eigenvalue weighted by Crippen LogP contribution is -2.15. The zero-order chi connectivity index (χ0) is 12.1. The first-order valence-electron chi connectivity index (χ1n) is 5.67. The van der Waals surface area contributed by atoms with Gasteiger partial charge < -0.3 is 10.2 Å². The minimum atomic E-state index is 0.917. The van der Waals surface area contributed by atoms with Crippen LogP contribution in [0.5, 0.6) is 0 Å². The number of nitrogens with zero attached hydrogens (tertiary/aromatic N) is 2. The maximum absolute atomic E-state index is 4.46. The van der Waals surface area contributed by atoms with Crippen LogP contribution in [0.4, 0.5) is 5.13 Å². The van der Waals surface area contributed by atoms with Crippen LogP contribution in [0.2, 0.25) is 0 Å². The van der Waals surface area contributed by atoms with Crippen molar-refractivity contribution >= 4 is 27.8 Å². The maximum atomic E-state index is 4.46. The lowest BCUT2D eigenvalue weighted by Gasteiger charge is -2.14. The Morgan fingerprint density at radius 1 is 1.47 bits per heavy atom. The molecule has 0 aliphatic carbocycles. The normalized spacial score (nSPS) is 10.7. The number of hydrogen-bond donors (Lipinski definition) is 1. The van der Waals surface area contributed by atoms with Gasteiger partial charge in [0.25, 0.3) is 0 Å². The molecule has 0 unspecified atom stereocenters. The summed E-state index contributed by atoms with van der Waals surface area (Å²) in [4.78, 5) is 7.94. The number of anilines is 1. The summed E-state index contributed by atoms with van der Waals surface area (Å²) in [5, 5.41) is 8.70.